The number of fused-ring (bicyclic) bond motifs is 5. The van der Waals surface area contributed by atoms with Gasteiger partial charge in [-0.2, -0.15) is 11.8 Å². The maximum atomic E-state index is 13.5. The Hall–Kier alpha value is -3.20. The van der Waals surface area contributed by atoms with Crippen molar-refractivity contribution in [1.82, 2.24) is 9.55 Å². The number of esters is 1. The Morgan fingerprint density at radius 1 is 1.21 bits per heavy atom. The van der Waals surface area contributed by atoms with Crippen molar-refractivity contribution >= 4 is 51.7 Å². The van der Waals surface area contributed by atoms with Crippen molar-refractivity contribution in [2.75, 3.05) is 47.2 Å². The zero-order valence-corrected chi connectivity index (χ0v) is 22.9. The molecule has 2 atom stereocenters. The molecule has 3 aliphatic rings. The first kappa shape index (κ1) is 25.1. The van der Waals surface area contributed by atoms with Crippen LogP contribution in [0, 0.1) is 5.92 Å². The van der Waals surface area contributed by atoms with Crippen molar-refractivity contribution in [3.8, 4) is 11.4 Å². The Bertz CT molecular complexity index is 1370. The molecule has 3 heterocycles. The molecule has 1 aromatic heterocycles. The number of nitrogens with one attached hydrogen (secondary N) is 2. The summed E-state index contributed by atoms with van der Waals surface area (Å²) in [4.78, 5) is 33.3. The molecule has 2 aliphatic heterocycles. The average molecular weight is 534 g/mol. The quantitative estimate of drug-likeness (QED) is 0.380. The fourth-order valence-electron chi connectivity index (χ4n) is 5.67. The van der Waals surface area contributed by atoms with E-state index < -0.39 is 0 Å². The zero-order valence-electron chi connectivity index (χ0n) is 22.0. The van der Waals surface area contributed by atoms with E-state index in [1.165, 1.54) is 12.8 Å². The molecule has 8 nitrogen and oxygen atoms in total. The summed E-state index contributed by atoms with van der Waals surface area (Å²) in [5, 5.41) is 6.76. The normalized spacial score (nSPS) is 20.9. The number of aromatic nitrogens is 2. The van der Waals surface area contributed by atoms with E-state index >= 15 is 0 Å². The number of imidazole rings is 1. The fraction of sp³-hybridized carbons (Fsp3) is 0.483. The van der Waals surface area contributed by atoms with Crippen LogP contribution in [0.5, 0.6) is 0 Å². The van der Waals surface area contributed by atoms with Crippen LogP contribution in [0.4, 0.5) is 17.1 Å². The van der Waals surface area contributed by atoms with Crippen LogP contribution in [0.25, 0.3) is 22.4 Å². The van der Waals surface area contributed by atoms with Gasteiger partial charge in [-0.1, -0.05) is 0 Å². The lowest BCUT2D eigenvalue weighted by atomic mass is 9.97. The first-order valence-corrected chi connectivity index (χ1v) is 15.1. The van der Waals surface area contributed by atoms with Gasteiger partial charge in [0.25, 0.3) is 0 Å². The predicted molar refractivity (Wildman–Crippen MR) is 154 cm³/mol. The number of rotatable bonds is 8. The van der Waals surface area contributed by atoms with E-state index in [0.29, 0.717) is 19.2 Å². The van der Waals surface area contributed by atoms with E-state index in [1.54, 1.807) is 11.8 Å². The van der Waals surface area contributed by atoms with E-state index in [9.17, 15) is 9.59 Å². The van der Waals surface area contributed by atoms with Gasteiger partial charge in [-0.05, 0) is 87.4 Å². The van der Waals surface area contributed by atoms with E-state index in [4.69, 9.17) is 9.72 Å². The Labute approximate surface area is 227 Å². The third-order valence-corrected chi connectivity index (χ3v) is 8.40. The van der Waals surface area contributed by atoms with Crippen LogP contribution in [0.15, 0.2) is 36.4 Å². The number of hydrogen-bond acceptors (Lipinski definition) is 7. The monoisotopic (exact) mass is 533 g/mol. The van der Waals surface area contributed by atoms with Crippen LogP contribution in [-0.2, 0) is 14.3 Å². The molecular formula is C29H35N5O3S. The highest BCUT2D eigenvalue weighted by atomic mass is 32.2. The van der Waals surface area contributed by atoms with Gasteiger partial charge in [0.15, 0.2) is 0 Å². The van der Waals surface area contributed by atoms with E-state index in [2.05, 4.69) is 50.6 Å². The summed E-state index contributed by atoms with van der Waals surface area (Å²) in [6.45, 7) is 3.81. The third-order valence-electron chi connectivity index (χ3n) is 7.76. The number of ether oxygens (including phenoxy) is 1. The van der Waals surface area contributed by atoms with Gasteiger partial charge in [0.2, 0.25) is 5.91 Å². The highest BCUT2D eigenvalue weighted by molar-refractivity contribution is 7.98. The van der Waals surface area contributed by atoms with Crippen molar-refractivity contribution < 1.29 is 14.3 Å². The van der Waals surface area contributed by atoms with Crippen LogP contribution in [-0.4, -0.2) is 59.2 Å². The van der Waals surface area contributed by atoms with Gasteiger partial charge in [0, 0.05) is 36.1 Å². The molecule has 2 unspecified atom stereocenters. The highest BCUT2D eigenvalue weighted by Crippen LogP contribution is 2.40. The van der Waals surface area contributed by atoms with Gasteiger partial charge >= 0.3 is 5.97 Å². The van der Waals surface area contributed by atoms with Crippen molar-refractivity contribution in [2.24, 2.45) is 5.92 Å². The SMILES string of the molecule is CCOC(=O)C1CCCN(c2ccc3c(c2)nc2n3C(CCSC)C(=O)Nc3ccc(NC4CC4)cc3-2)C1. The molecule has 2 aromatic carbocycles. The number of piperidine rings is 1. The molecule has 38 heavy (non-hydrogen) atoms. The molecule has 9 heteroatoms. The summed E-state index contributed by atoms with van der Waals surface area (Å²) in [6.07, 6.45) is 6.99. The molecule has 1 amide bonds. The average Bonchev–Trinajstić information content (AvgIpc) is 3.69. The molecule has 0 spiro atoms. The summed E-state index contributed by atoms with van der Waals surface area (Å²) in [7, 11) is 0. The van der Waals surface area contributed by atoms with Gasteiger partial charge in [-0.25, -0.2) is 4.98 Å². The molecule has 3 aromatic rings. The van der Waals surface area contributed by atoms with Crippen LogP contribution in [0.2, 0.25) is 0 Å². The first-order chi connectivity index (χ1) is 18.6. The summed E-state index contributed by atoms with van der Waals surface area (Å²) < 4.78 is 7.44. The van der Waals surface area contributed by atoms with Crippen molar-refractivity contribution in [2.45, 2.75) is 51.1 Å². The Morgan fingerprint density at radius 3 is 2.87 bits per heavy atom. The minimum atomic E-state index is -0.344. The lowest BCUT2D eigenvalue weighted by Gasteiger charge is -2.33. The zero-order chi connectivity index (χ0) is 26.2. The van der Waals surface area contributed by atoms with Crippen molar-refractivity contribution in [3.05, 3.63) is 36.4 Å². The maximum Gasteiger partial charge on any atom is 0.310 e. The van der Waals surface area contributed by atoms with Gasteiger partial charge in [0.1, 0.15) is 11.9 Å². The van der Waals surface area contributed by atoms with E-state index in [1.807, 2.05) is 19.1 Å². The summed E-state index contributed by atoms with van der Waals surface area (Å²) in [5.41, 5.74) is 5.67. The number of benzene rings is 2. The second-order valence-corrected chi connectivity index (χ2v) is 11.5. The van der Waals surface area contributed by atoms with Gasteiger partial charge in [0.05, 0.1) is 29.2 Å². The Morgan fingerprint density at radius 2 is 2.08 bits per heavy atom. The largest absolute Gasteiger partial charge is 0.466 e. The molecule has 1 saturated carbocycles. The van der Waals surface area contributed by atoms with Gasteiger partial charge in [-0.15, -0.1) is 0 Å². The second-order valence-electron chi connectivity index (χ2n) is 10.5. The lowest BCUT2D eigenvalue weighted by molar-refractivity contribution is -0.148. The smallest absolute Gasteiger partial charge is 0.310 e. The van der Waals surface area contributed by atoms with Crippen LogP contribution >= 0.6 is 11.8 Å². The molecule has 0 radical (unpaired) electrons. The van der Waals surface area contributed by atoms with Crippen LogP contribution in [0.3, 0.4) is 0 Å². The Balaban J connectivity index is 1.41. The van der Waals surface area contributed by atoms with Crippen molar-refractivity contribution in [1.29, 1.82) is 0 Å². The third kappa shape index (κ3) is 4.84. The van der Waals surface area contributed by atoms with Crippen LogP contribution < -0.4 is 15.5 Å². The summed E-state index contributed by atoms with van der Waals surface area (Å²) in [6, 6.07) is 12.7. The molecular weight excluding hydrogens is 498 g/mol. The molecule has 2 N–H and O–H groups in total. The summed E-state index contributed by atoms with van der Waals surface area (Å²) >= 11 is 1.75. The minimum absolute atomic E-state index is 0.00126. The number of hydrogen-bond donors (Lipinski definition) is 2. The van der Waals surface area contributed by atoms with Crippen LogP contribution in [0.1, 0.15) is 45.1 Å². The highest BCUT2D eigenvalue weighted by Gasteiger charge is 2.32. The molecule has 0 bridgehead atoms. The number of nitrogens with zero attached hydrogens (tertiary/aromatic N) is 3. The minimum Gasteiger partial charge on any atom is -0.466 e. The van der Waals surface area contributed by atoms with Gasteiger partial charge in [-0.3, -0.25) is 9.59 Å². The number of carbonyl (C=O) groups is 2. The van der Waals surface area contributed by atoms with Gasteiger partial charge < -0.3 is 24.8 Å². The van der Waals surface area contributed by atoms with E-state index in [0.717, 1.165) is 71.0 Å². The molecule has 1 aliphatic carbocycles. The standard InChI is InChI=1S/C29H35N5O3S/c1-3-37-29(36)18-5-4-13-33(17-18)21-9-11-25-24(16-21)31-27-22-15-20(30-19-6-7-19)8-10-23(22)32-28(35)26(34(25)27)12-14-38-2/h8-11,15-16,18-19,26,30H,3-7,12-14,17H2,1-2H3,(H,32,35). The van der Waals surface area contributed by atoms with Crippen molar-refractivity contribution in [3.63, 3.8) is 0 Å². The molecule has 6 rings (SSSR count). The Kier molecular flexibility index (Phi) is 6.95. The lowest BCUT2D eigenvalue weighted by Crippen LogP contribution is -2.39. The maximum absolute atomic E-state index is 13.5. The number of thioether (sulfide) groups is 1. The molecule has 200 valence electrons. The topological polar surface area (TPSA) is 88.5 Å². The summed E-state index contributed by atoms with van der Waals surface area (Å²) in [5.74, 6) is 1.48. The number of carbonyl (C=O) groups excluding carboxylic acids is 2. The molecule has 1 saturated heterocycles. The van der Waals surface area contributed by atoms with E-state index in [-0.39, 0.29) is 23.8 Å². The second kappa shape index (κ2) is 10.5. The number of anilines is 3. The fourth-order valence-corrected chi connectivity index (χ4v) is 6.13. The first-order valence-electron chi connectivity index (χ1n) is 13.7. The molecule has 2 fully saturated rings. The number of amides is 1. The predicted octanol–water partition coefficient (Wildman–Crippen LogP) is 5.30.